The normalized spacial score (nSPS) is 47.6. The van der Waals surface area contributed by atoms with Gasteiger partial charge in [-0.05, 0) is 140 Å². The molecule has 7 aliphatic rings. The number of amides is 1. The Morgan fingerprint density at radius 1 is 0.930 bits per heavy atom. The van der Waals surface area contributed by atoms with E-state index >= 15 is 0 Å². The summed E-state index contributed by atoms with van der Waals surface area (Å²) in [4.78, 5) is 25.9. The first-order valence-electron chi connectivity index (χ1n) is 18.2. The molecule has 5 heteroatoms. The number of aliphatic carboxylic acids is 1. The van der Waals surface area contributed by atoms with Gasteiger partial charge in [-0.25, -0.2) is 0 Å². The molecule has 1 heterocycles. The van der Waals surface area contributed by atoms with Gasteiger partial charge in [0, 0.05) is 31.6 Å². The minimum Gasteiger partial charge on any atom is -0.481 e. The highest BCUT2D eigenvalue weighted by Gasteiger charge is 2.68. The van der Waals surface area contributed by atoms with Gasteiger partial charge < -0.3 is 15.3 Å². The maximum Gasteiger partial charge on any atom is 0.306 e. The maximum absolute atomic E-state index is 12.2. The summed E-state index contributed by atoms with van der Waals surface area (Å²) in [5, 5.41) is 13.6. The number of rotatable bonds is 6. The molecule has 0 aromatic heterocycles. The van der Waals surface area contributed by atoms with Crippen LogP contribution in [-0.2, 0) is 9.59 Å². The second-order valence-electron chi connectivity index (χ2n) is 17.0. The molecular weight excluding hydrogens is 532 g/mol. The lowest BCUT2D eigenvalue weighted by Gasteiger charge is -2.71. The summed E-state index contributed by atoms with van der Waals surface area (Å²) in [6.07, 6.45) is 22.5. The predicted molar refractivity (Wildman–Crippen MR) is 171 cm³/mol. The number of nitrogens with one attached hydrogen (secondary N) is 1. The topological polar surface area (TPSA) is 69.6 Å². The van der Waals surface area contributed by atoms with Crippen molar-refractivity contribution in [3.63, 3.8) is 0 Å². The monoisotopic (exact) mass is 590 g/mol. The van der Waals surface area contributed by atoms with Gasteiger partial charge in [-0.1, -0.05) is 46.3 Å². The van der Waals surface area contributed by atoms with Crippen LogP contribution in [0.25, 0.3) is 0 Å². The standard InChI is InChI=1S/C38H58N2O3/c1-25-28(26-9-11-27(12-10-26)34(42)43)15-18-35(2)29(25)16-19-37(4)32(35)14-13-30-31-7-5-17-38(31,21-20-36(30,37)3)39-22-24-40-23-6-8-33(40)41/h9,15,25,27,29-32,39H,5-8,10-14,16-24H2,1-4H3,(H,42,43)/t25?,27?,29?,30?,31-,32?,35?,36-,37?,38?/m1/s1. The fraction of sp³-hybridized carbons (Fsp3) is 0.842. The number of allylic oxidation sites excluding steroid dienone is 4. The number of carbonyl (C=O) groups excluding carboxylic acids is 1. The van der Waals surface area contributed by atoms with Crippen molar-refractivity contribution in [2.45, 2.75) is 130 Å². The third-order valence-electron chi connectivity index (χ3n) is 15.7. The smallest absolute Gasteiger partial charge is 0.306 e. The van der Waals surface area contributed by atoms with Crippen LogP contribution in [-0.4, -0.2) is 47.1 Å². The Kier molecular flexibility index (Phi) is 7.50. The first-order chi connectivity index (χ1) is 20.5. The summed E-state index contributed by atoms with van der Waals surface area (Å²) >= 11 is 0. The summed E-state index contributed by atoms with van der Waals surface area (Å²) in [5.41, 5.74) is 4.46. The number of carboxylic acid groups (broad SMARTS) is 1. The summed E-state index contributed by atoms with van der Waals surface area (Å²) in [6.45, 7) is 13.5. The van der Waals surface area contributed by atoms with Gasteiger partial charge in [0.1, 0.15) is 0 Å². The van der Waals surface area contributed by atoms with Crippen LogP contribution in [0.5, 0.6) is 0 Å². The second-order valence-corrected chi connectivity index (χ2v) is 17.0. The highest BCUT2D eigenvalue weighted by molar-refractivity contribution is 5.78. The van der Waals surface area contributed by atoms with Crippen LogP contribution in [0.4, 0.5) is 0 Å². The summed E-state index contributed by atoms with van der Waals surface area (Å²) in [5.74, 6) is 3.21. The van der Waals surface area contributed by atoms with Gasteiger partial charge in [-0.3, -0.25) is 9.59 Å². The molecule has 0 spiro atoms. The number of carbonyl (C=O) groups is 2. The van der Waals surface area contributed by atoms with Gasteiger partial charge in [0.25, 0.3) is 0 Å². The van der Waals surface area contributed by atoms with Crippen molar-refractivity contribution < 1.29 is 14.7 Å². The van der Waals surface area contributed by atoms with Gasteiger partial charge in [-0.15, -0.1) is 0 Å². The Bertz CT molecular complexity index is 1210. The van der Waals surface area contributed by atoms with Crippen molar-refractivity contribution in [2.24, 2.45) is 51.8 Å². The van der Waals surface area contributed by atoms with E-state index in [9.17, 15) is 14.7 Å². The molecule has 5 nitrogen and oxygen atoms in total. The molecule has 4 saturated carbocycles. The van der Waals surface area contributed by atoms with Crippen LogP contribution < -0.4 is 5.32 Å². The van der Waals surface area contributed by atoms with Gasteiger partial charge >= 0.3 is 5.97 Å². The zero-order chi connectivity index (χ0) is 30.2. The van der Waals surface area contributed by atoms with Crippen LogP contribution in [0.1, 0.15) is 124 Å². The van der Waals surface area contributed by atoms with Crippen molar-refractivity contribution in [1.82, 2.24) is 10.2 Å². The van der Waals surface area contributed by atoms with E-state index in [-0.39, 0.29) is 5.92 Å². The molecule has 0 radical (unpaired) electrons. The van der Waals surface area contributed by atoms with Crippen molar-refractivity contribution in [3.8, 4) is 0 Å². The molecule has 8 unspecified atom stereocenters. The Hall–Kier alpha value is -1.62. The van der Waals surface area contributed by atoms with Crippen molar-refractivity contribution >= 4 is 11.9 Å². The summed E-state index contributed by atoms with van der Waals surface area (Å²) in [7, 11) is 0. The Morgan fingerprint density at radius 3 is 2.49 bits per heavy atom. The van der Waals surface area contributed by atoms with Crippen LogP contribution in [0.2, 0.25) is 0 Å². The summed E-state index contributed by atoms with van der Waals surface area (Å²) in [6, 6.07) is 0. The fourth-order valence-electron chi connectivity index (χ4n) is 13.2. The van der Waals surface area contributed by atoms with Gasteiger partial charge in [0.15, 0.2) is 0 Å². The van der Waals surface area contributed by atoms with E-state index < -0.39 is 5.97 Å². The average Bonchev–Trinajstić information content (AvgIpc) is 3.60. The van der Waals surface area contributed by atoms with Gasteiger partial charge in [0.2, 0.25) is 5.91 Å². The third kappa shape index (κ3) is 4.47. The van der Waals surface area contributed by atoms with Crippen LogP contribution in [0.3, 0.4) is 0 Å². The SMILES string of the molecule is CC1C(C2=CCC(C(=O)O)CC2)=CCC2(C)C1CCC1(C)C2CCC2[C@H]3CCCC3(NCCN3CCCC3=O)CC[C@]21C. The summed E-state index contributed by atoms with van der Waals surface area (Å²) < 4.78 is 0. The zero-order valence-electron chi connectivity index (χ0n) is 27.6. The van der Waals surface area contributed by atoms with E-state index in [1.807, 2.05) is 0 Å². The minimum atomic E-state index is -0.629. The number of carboxylic acids is 1. The molecule has 1 aliphatic heterocycles. The van der Waals surface area contributed by atoms with Gasteiger partial charge in [0.05, 0.1) is 5.92 Å². The van der Waals surface area contributed by atoms with E-state index in [1.54, 1.807) is 5.57 Å². The van der Waals surface area contributed by atoms with Crippen molar-refractivity contribution in [3.05, 3.63) is 23.3 Å². The van der Waals surface area contributed by atoms with E-state index in [1.165, 1.54) is 69.8 Å². The molecule has 1 amide bonds. The van der Waals surface area contributed by atoms with Crippen molar-refractivity contribution in [1.29, 1.82) is 0 Å². The van der Waals surface area contributed by atoms with Crippen LogP contribution in [0.15, 0.2) is 23.3 Å². The van der Waals surface area contributed by atoms with Crippen LogP contribution in [0, 0.1) is 51.8 Å². The molecule has 238 valence electrons. The molecule has 6 aliphatic carbocycles. The number of hydrogen-bond acceptors (Lipinski definition) is 3. The van der Waals surface area contributed by atoms with E-state index in [0.29, 0.717) is 40.0 Å². The molecular formula is C38H58N2O3. The van der Waals surface area contributed by atoms with Crippen molar-refractivity contribution in [2.75, 3.05) is 19.6 Å². The Morgan fingerprint density at radius 2 is 1.77 bits per heavy atom. The molecule has 0 aromatic carbocycles. The van der Waals surface area contributed by atoms with E-state index in [4.69, 9.17) is 0 Å². The molecule has 5 fully saturated rings. The number of likely N-dealkylation sites (tertiary alicyclic amines) is 1. The lowest BCUT2D eigenvalue weighted by molar-refractivity contribution is -0.212. The first-order valence-corrected chi connectivity index (χ1v) is 18.2. The third-order valence-corrected chi connectivity index (χ3v) is 15.7. The molecule has 10 atom stereocenters. The van der Waals surface area contributed by atoms with Crippen LogP contribution >= 0.6 is 0 Å². The van der Waals surface area contributed by atoms with E-state index in [2.05, 4.69) is 50.1 Å². The van der Waals surface area contributed by atoms with Gasteiger partial charge in [-0.2, -0.15) is 0 Å². The fourth-order valence-corrected chi connectivity index (χ4v) is 13.2. The molecule has 43 heavy (non-hydrogen) atoms. The highest BCUT2D eigenvalue weighted by Crippen LogP contribution is 2.75. The zero-order valence-corrected chi connectivity index (χ0v) is 27.6. The lowest BCUT2D eigenvalue weighted by Crippen LogP contribution is -2.67. The molecule has 0 bridgehead atoms. The Balaban J connectivity index is 1.09. The maximum atomic E-state index is 12.2. The number of nitrogens with zero attached hydrogens (tertiary/aromatic N) is 1. The molecule has 7 rings (SSSR count). The first kappa shape index (κ1) is 30.1. The quantitative estimate of drug-likeness (QED) is 0.332. The molecule has 0 aromatic rings. The number of fused-ring (bicyclic) bond motifs is 7. The molecule has 1 saturated heterocycles. The highest BCUT2D eigenvalue weighted by atomic mass is 16.4. The molecule has 2 N–H and O–H groups in total. The van der Waals surface area contributed by atoms with E-state index in [0.717, 1.165) is 69.0 Å². The predicted octanol–water partition coefficient (Wildman–Crippen LogP) is 7.76. The number of hydrogen-bond donors (Lipinski definition) is 2. The second kappa shape index (κ2) is 10.7. The Labute approximate surface area is 260 Å². The largest absolute Gasteiger partial charge is 0.481 e. The minimum absolute atomic E-state index is 0.196. The average molecular weight is 591 g/mol. The lowest BCUT2D eigenvalue weighted by atomic mass is 9.34.